The molecule has 0 saturated heterocycles. The Balaban J connectivity index is 1.75. The van der Waals surface area contributed by atoms with Crippen molar-refractivity contribution in [3.05, 3.63) is 98.5 Å². The second-order valence-corrected chi connectivity index (χ2v) is 13.1. The average Bonchev–Trinajstić information content (AvgIpc) is 3.34. The van der Waals surface area contributed by atoms with Crippen LogP contribution in [0.25, 0.3) is 5.69 Å². The summed E-state index contributed by atoms with van der Waals surface area (Å²) in [6, 6.07) is 13.8. The van der Waals surface area contributed by atoms with Gasteiger partial charge in [0.2, 0.25) is 0 Å². The second kappa shape index (κ2) is 12.1. The molecule has 0 radical (unpaired) electrons. The van der Waals surface area contributed by atoms with Crippen LogP contribution in [0.1, 0.15) is 30.7 Å². The van der Waals surface area contributed by atoms with Gasteiger partial charge in [0.15, 0.2) is 16.7 Å². The summed E-state index contributed by atoms with van der Waals surface area (Å²) in [7, 11) is -2.90. The number of nitrogens with one attached hydrogen (secondary N) is 1. The number of nitrogens with zero attached hydrogens (tertiary/aromatic N) is 2. The van der Waals surface area contributed by atoms with Gasteiger partial charge in [-0.3, -0.25) is 4.57 Å². The number of methoxy groups -OCH3 is 1. The number of aromatic nitrogens is 2. The third-order valence-corrected chi connectivity index (χ3v) is 9.73. The molecule has 0 unspecified atom stereocenters. The van der Waals surface area contributed by atoms with Crippen LogP contribution in [0.5, 0.6) is 5.75 Å². The van der Waals surface area contributed by atoms with Gasteiger partial charge < -0.3 is 9.84 Å². The molecule has 4 rings (SSSR count). The molecule has 1 amide bonds. The molecule has 2 N–H and O–H groups in total. The first-order valence-electron chi connectivity index (χ1n) is 11.8. The maximum atomic E-state index is 14.3. The molecule has 1 heterocycles. The zero-order valence-corrected chi connectivity index (χ0v) is 25.7. The lowest BCUT2D eigenvalue weighted by Gasteiger charge is -2.28. The summed E-state index contributed by atoms with van der Waals surface area (Å²) in [5, 5.41) is 10.3. The minimum Gasteiger partial charge on any atom is -0.494 e. The Morgan fingerprint density at radius 2 is 1.80 bits per heavy atom. The molecule has 0 saturated carbocycles. The van der Waals surface area contributed by atoms with E-state index in [0.29, 0.717) is 26.5 Å². The smallest absolute Gasteiger partial charge is 0.418 e. The number of imidazole rings is 1. The monoisotopic (exact) mass is 657 g/mol. The van der Waals surface area contributed by atoms with Crippen LogP contribution in [0.3, 0.4) is 0 Å². The van der Waals surface area contributed by atoms with E-state index in [2.05, 4.69) is 4.98 Å². The number of benzene rings is 3. The number of amides is 1. The normalized spacial score (nSPS) is 11.9. The standard InChI is InChI=1S/C27H23Cl3FN3O5S2/c1-27(2,16-5-8-19(28)21(30)10-16)24-13-32-25(34(24)17-6-9-22(31)23(11-17)39-3)40-14-15-4-7-18(12-20(15)29)41(37,38)33-26(35)36/h4-13,33H,14H2,1-3H3,(H,35,36). The molecule has 0 aliphatic heterocycles. The zero-order valence-electron chi connectivity index (χ0n) is 21.8. The molecule has 8 nitrogen and oxygen atoms in total. The van der Waals surface area contributed by atoms with E-state index in [0.717, 1.165) is 11.3 Å². The summed E-state index contributed by atoms with van der Waals surface area (Å²) in [5.41, 5.74) is 2.18. The molecular weight excluding hydrogens is 636 g/mol. The lowest BCUT2D eigenvalue weighted by molar-refractivity contribution is 0.201. The van der Waals surface area contributed by atoms with Crippen LogP contribution in [-0.2, 0) is 21.2 Å². The van der Waals surface area contributed by atoms with Crippen molar-refractivity contribution in [2.75, 3.05) is 7.11 Å². The summed E-state index contributed by atoms with van der Waals surface area (Å²) in [5.74, 6) is -0.177. The Morgan fingerprint density at radius 1 is 1.07 bits per heavy atom. The van der Waals surface area contributed by atoms with Gasteiger partial charge in [0.1, 0.15) is 0 Å². The molecular formula is C27H23Cl3FN3O5S2. The van der Waals surface area contributed by atoms with E-state index in [1.165, 1.54) is 47.9 Å². The first kappa shape index (κ1) is 31.0. The molecule has 216 valence electrons. The molecule has 0 bridgehead atoms. The van der Waals surface area contributed by atoms with Gasteiger partial charge >= 0.3 is 6.09 Å². The lowest BCUT2D eigenvalue weighted by atomic mass is 9.81. The minimum atomic E-state index is -4.28. The molecule has 41 heavy (non-hydrogen) atoms. The number of halogens is 4. The Morgan fingerprint density at radius 3 is 2.44 bits per heavy atom. The Bertz CT molecular complexity index is 1750. The van der Waals surface area contributed by atoms with Crippen molar-refractivity contribution < 1.29 is 27.4 Å². The van der Waals surface area contributed by atoms with Crippen molar-refractivity contribution in [1.82, 2.24) is 14.3 Å². The van der Waals surface area contributed by atoms with E-state index in [1.807, 2.05) is 24.5 Å². The molecule has 0 atom stereocenters. The SMILES string of the molecule is COc1cc(-n2c(C(C)(C)c3ccc(Cl)c(Cl)c3)cnc2SCc2ccc(S(=O)(=O)NC(=O)O)cc2Cl)ccc1F. The van der Waals surface area contributed by atoms with Gasteiger partial charge in [0, 0.05) is 22.3 Å². The van der Waals surface area contributed by atoms with Crippen LogP contribution in [0.2, 0.25) is 15.1 Å². The van der Waals surface area contributed by atoms with Crippen LogP contribution in [0, 0.1) is 5.82 Å². The summed E-state index contributed by atoms with van der Waals surface area (Å²) in [6.45, 7) is 3.99. The summed E-state index contributed by atoms with van der Waals surface area (Å²) >= 11 is 20.2. The minimum absolute atomic E-state index is 0.0558. The average molecular weight is 659 g/mol. The van der Waals surface area contributed by atoms with Crippen molar-refractivity contribution in [3.8, 4) is 11.4 Å². The predicted octanol–water partition coefficient (Wildman–Crippen LogP) is 7.55. The third-order valence-electron chi connectivity index (χ3n) is 6.32. The fraction of sp³-hybridized carbons (Fsp3) is 0.185. The molecule has 0 spiro atoms. The molecule has 1 aromatic heterocycles. The van der Waals surface area contributed by atoms with Gasteiger partial charge in [-0.1, -0.05) is 72.5 Å². The predicted molar refractivity (Wildman–Crippen MR) is 158 cm³/mol. The number of carboxylic acid groups (broad SMARTS) is 1. The van der Waals surface area contributed by atoms with Crippen LogP contribution in [0.15, 0.2) is 70.8 Å². The number of hydrogen-bond donors (Lipinski definition) is 2. The first-order valence-corrected chi connectivity index (χ1v) is 15.4. The molecule has 0 aliphatic rings. The number of thioether (sulfide) groups is 1. The largest absolute Gasteiger partial charge is 0.494 e. The maximum absolute atomic E-state index is 14.3. The molecule has 3 aromatic carbocycles. The van der Waals surface area contributed by atoms with E-state index < -0.39 is 27.3 Å². The van der Waals surface area contributed by atoms with E-state index in [4.69, 9.17) is 44.6 Å². The van der Waals surface area contributed by atoms with E-state index in [9.17, 15) is 17.6 Å². The van der Waals surface area contributed by atoms with Crippen LogP contribution in [-0.4, -0.2) is 36.3 Å². The van der Waals surface area contributed by atoms with Crippen molar-refractivity contribution in [2.45, 2.75) is 35.1 Å². The molecule has 14 heteroatoms. The highest BCUT2D eigenvalue weighted by Crippen LogP contribution is 2.39. The summed E-state index contributed by atoms with van der Waals surface area (Å²) in [6.07, 6.45) is 0.0137. The second-order valence-electron chi connectivity index (χ2n) is 9.29. The van der Waals surface area contributed by atoms with Gasteiger partial charge in [-0.2, -0.15) is 0 Å². The molecule has 4 aromatic rings. The molecule has 0 fully saturated rings. The van der Waals surface area contributed by atoms with Crippen LogP contribution in [0.4, 0.5) is 9.18 Å². The van der Waals surface area contributed by atoms with Crippen molar-refractivity contribution in [3.63, 3.8) is 0 Å². The number of ether oxygens (including phenoxy) is 1. The van der Waals surface area contributed by atoms with Gasteiger partial charge in [0.05, 0.1) is 39.6 Å². The van der Waals surface area contributed by atoms with Crippen molar-refractivity contribution in [2.24, 2.45) is 0 Å². The zero-order chi connectivity index (χ0) is 30.1. The third kappa shape index (κ3) is 6.60. The maximum Gasteiger partial charge on any atom is 0.418 e. The summed E-state index contributed by atoms with van der Waals surface area (Å²) < 4.78 is 47.3. The van der Waals surface area contributed by atoms with E-state index in [1.54, 1.807) is 30.5 Å². The van der Waals surface area contributed by atoms with Crippen molar-refractivity contribution in [1.29, 1.82) is 0 Å². The highest BCUT2D eigenvalue weighted by molar-refractivity contribution is 7.98. The number of sulfonamides is 1. The number of carbonyl (C=O) groups is 1. The first-order chi connectivity index (χ1) is 19.2. The van der Waals surface area contributed by atoms with Gasteiger partial charge in [-0.15, -0.1) is 0 Å². The Labute approximate surface area is 255 Å². The van der Waals surface area contributed by atoms with Gasteiger partial charge in [-0.25, -0.2) is 27.3 Å². The summed E-state index contributed by atoms with van der Waals surface area (Å²) in [4.78, 5) is 15.2. The highest BCUT2D eigenvalue weighted by atomic mass is 35.5. The number of rotatable bonds is 9. The lowest BCUT2D eigenvalue weighted by Crippen LogP contribution is -2.28. The van der Waals surface area contributed by atoms with Crippen molar-refractivity contribution >= 4 is 62.7 Å². The van der Waals surface area contributed by atoms with Crippen LogP contribution >= 0.6 is 46.6 Å². The van der Waals surface area contributed by atoms with Crippen LogP contribution < -0.4 is 9.46 Å². The fourth-order valence-corrected chi connectivity index (χ4v) is 6.63. The number of hydrogen-bond acceptors (Lipinski definition) is 6. The fourth-order valence-electron chi connectivity index (χ4n) is 4.08. The van der Waals surface area contributed by atoms with Gasteiger partial charge in [-0.05, 0) is 47.5 Å². The Hall–Kier alpha value is -2.96. The Kier molecular flexibility index (Phi) is 9.15. The quantitative estimate of drug-likeness (QED) is 0.179. The highest BCUT2D eigenvalue weighted by Gasteiger charge is 2.30. The van der Waals surface area contributed by atoms with Gasteiger partial charge in [0.25, 0.3) is 10.0 Å². The molecule has 0 aliphatic carbocycles. The topological polar surface area (TPSA) is 111 Å². The van der Waals surface area contributed by atoms with E-state index >= 15 is 0 Å². The van der Waals surface area contributed by atoms with E-state index in [-0.39, 0.29) is 21.4 Å².